The fraction of sp³-hybridized carbons (Fsp3) is 0.300. The summed E-state index contributed by atoms with van der Waals surface area (Å²) in [4.78, 5) is 46.4. The van der Waals surface area contributed by atoms with Gasteiger partial charge in [-0.15, -0.1) is 0 Å². The minimum absolute atomic E-state index is 0.0456. The van der Waals surface area contributed by atoms with Gasteiger partial charge in [0.1, 0.15) is 0 Å². The number of pyridine rings is 1. The number of amides is 1. The summed E-state index contributed by atoms with van der Waals surface area (Å²) in [7, 11) is 1.79. The number of aromatic amines is 1. The highest BCUT2D eigenvalue weighted by atomic mass is 16.2. The number of aromatic nitrogens is 3. The second-order valence-corrected chi connectivity index (χ2v) is 6.91. The number of piperidine rings is 1. The Labute approximate surface area is 155 Å². The molecule has 1 amide bonds. The second-order valence-electron chi connectivity index (χ2n) is 6.91. The highest BCUT2D eigenvalue weighted by Gasteiger charge is 2.31. The quantitative estimate of drug-likeness (QED) is 0.720. The topological polar surface area (TPSA) is 88.1 Å². The first kappa shape index (κ1) is 17.2. The van der Waals surface area contributed by atoms with Crippen LogP contribution in [0.1, 0.15) is 33.8 Å². The minimum Gasteiger partial charge on any atom is -0.338 e. The lowest BCUT2D eigenvalue weighted by Crippen LogP contribution is -2.43. The summed E-state index contributed by atoms with van der Waals surface area (Å²) in [6.45, 7) is 0.913. The van der Waals surface area contributed by atoms with Crippen molar-refractivity contribution in [2.24, 2.45) is 13.0 Å². The zero-order valence-electron chi connectivity index (χ0n) is 15.0. The Balaban J connectivity index is 1.62. The Kier molecular flexibility index (Phi) is 4.35. The summed E-state index contributed by atoms with van der Waals surface area (Å²) >= 11 is 0. The van der Waals surface area contributed by atoms with Crippen LogP contribution in [-0.4, -0.2) is 44.2 Å². The highest BCUT2D eigenvalue weighted by molar-refractivity contribution is 6.06. The Morgan fingerprint density at radius 3 is 2.85 bits per heavy atom. The first-order valence-corrected chi connectivity index (χ1v) is 8.97. The third-order valence-corrected chi connectivity index (χ3v) is 5.10. The first-order chi connectivity index (χ1) is 13.0. The van der Waals surface area contributed by atoms with Crippen LogP contribution >= 0.6 is 0 Å². The van der Waals surface area contributed by atoms with Gasteiger partial charge in [-0.3, -0.25) is 14.4 Å². The molecule has 1 aromatic carbocycles. The molecule has 7 heteroatoms. The minimum atomic E-state index is -0.310. The molecule has 1 aliphatic rings. The normalized spacial score (nSPS) is 17.2. The van der Waals surface area contributed by atoms with E-state index in [1.54, 1.807) is 35.0 Å². The number of imidazole rings is 1. The molecule has 3 aromatic rings. The molecule has 0 unspecified atom stereocenters. The number of nitrogens with one attached hydrogen (secondary N) is 1. The summed E-state index contributed by atoms with van der Waals surface area (Å²) in [5.74, 6) is -0.127. The predicted octanol–water partition coefficient (Wildman–Crippen LogP) is 2.00. The molecule has 0 saturated carbocycles. The Bertz CT molecular complexity index is 1080. The number of nitrogens with zero attached hydrogens (tertiary/aromatic N) is 3. The number of aryl methyl sites for hydroxylation is 1. The fourth-order valence-electron chi connectivity index (χ4n) is 3.71. The Morgan fingerprint density at radius 1 is 1.26 bits per heavy atom. The predicted molar refractivity (Wildman–Crippen MR) is 101 cm³/mol. The summed E-state index contributed by atoms with van der Waals surface area (Å²) in [6, 6.07) is 8.58. The van der Waals surface area contributed by atoms with Crippen molar-refractivity contribution in [1.82, 2.24) is 19.4 Å². The SMILES string of the molecule is Cn1ccnc1C(=O)[C@H]1CCCN(C(=O)c2cc(=O)[nH]c3ccccc23)C1. The van der Waals surface area contributed by atoms with Crippen LogP contribution in [0.25, 0.3) is 10.9 Å². The molecule has 1 fully saturated rings. The van der Waals surface area contributed by atoms with E-state index >= 15 is 0 Å². The number of rotatable bonds is 3. The van der Waals surface area contributed by atoms with Gasteiger partial charge < -0.3 is 14.5 Å². The van der Waals surface area contributed by atoms with E-state index in [-0.39, 0.29) is 23.2 Å². The van der Waals surface area contributed by atoms with Crippen molar-refractivity contribution >= 4 is 22.6 Å². The highest BCUT2D eigenvalue weighted by Crippen LogP contribution is 2.23. The van der Waals surface area contributed by atoms with E-state index in [1.807, 2.05) is 18.2 Å². The zero-order valence-corrected chi connectivity index (χ0v) is 15.0. The van der Waals surface area contributed by atoms with Gasteiger partial charge >= 0.3 is 0 Å². The molecule has 0 radical (unpaired) electrons. The summed E-state index contributed by atoms with van der Waals surface area (Å²) < 4.78 is 1.70. The van der Waals surface area contributed by atoms with Gasteiger partial charge in [-0.1, -0.05) is 18.2 Å². The molecule has 1 atom stereocenters. The van der Waals surface area contributed by atoms with E-state index in [0.29, 0.717) is 35.4 Å². The number of para-hydroxylation sites is 1. The molecule has 0 aliphatic carbocycles. The molecule has 7 nitrogen and oxygen atoms in total. The summed E-state index contributed by atoms with van der Waals surface area (Å²) in [5.41, 5.74) is 0.695. The van der Waals surface area contributed by atoms with Crippen LogP contribution in [0.3, 0.4) is 0 Å². The van der Waals surface area contributed by atoms with Crippen molar-refractivity contribution in [3.63, 3.8) is 0 Å². The first-order valence-electron chi connectivity index (χ1n) is 8.97. The van der Waals surface area contributed by atoms with Crippen molar-refractivity contribution in [3.05, 3.63) is 64.5 Å². The second kappa shape index (κ2) is 6.83. The third-order valence-electron chi connectivity index (χ3n) is 5.10. The van der Waals surface area contributed by atoms with Crippen LogP contribution in [0, 0.1) is 5.92 Å². The van der Waals surface area contributed by atoms with E-state index in [1.165, 1.54) is 6.07 Å². The maximum atomic E-state index is 13.1. The van der Waals surface area contributed by atoms with Crippen molar-refractivity contribution < 1.29 is 9.59 Å². The Hall–Kier alpha value is -3.22. The number of benzene rings is 1. The van der Waals surface area contributed by atoms with Crippen molar-refractivity contribution in [2.45, 2.75) is 12.8 Å². The zero-order chi connectivity index (χ0) is 19.0. The van der Waals surface area contributed by atoms with Crippen LogP contribution in [0.5, 0.6) is 0 Å². The molecule has 1 saturated heterocycles. The molecule has 27 heavy (non-hydrogen) atoms. The maximum absolute atomic E-state index is 13.1. The molecule has 1 N–H and O–H groups in total. The van der Waals surface area contributed by atoms with Crippen LogP contribution in [0.15, 0.2) is 47.5 Å². The van der Waals surface area contributed by atoms with Crippen LogP contribution < -0.4 is 5.56 Å². The van der Waals surface area contributed by atoms with E-state index < -0.39 is 0 Å². The molecule has 1 aliphatic heterocycles. The Morgan fingerprint density at radius 2 is 2.07 bits per heavy atom. The van der Waals surface area contributed by atoms with Gasteiger partial charge in [0.25, 0.3) is 5.91 Å². The molecule has 4 rings (SSSR count). The number of carbonyl (C=O) groups is 2. The lowest BCUT2D eigenvalue weighted by atomic mass is 9.92. The van der Waals surface area contributed by atoms with Crippen LogP contribution in [0.2, 0.25) is 0 Å². The molecular formula is C20H20N4O3. The van der Waals surface area contributed by atoms with Gasteiger partial charge in [-0.05, 0) is 18.9 Å². The molecular weight excluding hydrogens is 344 g/mol. The molecule has 3 heterocycles. The number of carbonyl (C=O) groups excluding carboxylic acids is 2. The van der Waals surface area contributed by atoms with E-state index in [2.05, 4.69) is 9.97 Å². The largest absolute Gasteiger partial charge is 0.338 e. The number of fused-ring (bicyclic) bond motifs is 1. The summed E-state index contributed by atoms with van der Waals surface area (Å²) in [6.07, 6.45) is 4.81. The van der Waals surface area contributed by atoms with Gasteiger partial charge in [0.2, 0.25) is 11.3 Å². The van der Waals surface area contributed by atoms with Gasteiger partial charge in [0.05, 0.1) is 5.56 Å². The molecule has 2 aromatic heterocycles. The van der Waals surface area contributed by atoms with E-state index in [9.17, 15) is 14.4 Å². The summed E-state index contributed by atoms with van der Waals surface area (Å²) in [5, 5.41) is 0.708. The lowest BCUT2D eigenvalue weighted by molar-refractivity contribution is 0.0634. The number of likely N-dealkylation sites (tertiary alicyclic amines) is 1. The average Bonchev–Trinajstić information content (AvgIpc) is 3.12. The number of H-pyrrole nitrogens is 1. The fourth-order valence-corrected chi connectivity index (χ4v) is 3.71. The smallest absolute Gasteiger partial charge is 0.254 e. The van der Waals surface area contributed by atoms with Gasteiger partial charge in [0, 0.05) is 55.4 Å². The number of ketones is 1. The van der Waals surface area contributed by atoms with Crippen LogP contribution in [-0.2, 0) is 7.05 Å². The van der Waals surface area contributed by atoms with Crippen molar-refractivity contribution in [2.75, 3.05) is 13.1 Å². The average molecular weight is 364 g/mol. The molecule has 0 spiro atoms. The maximum Gasteiger partial charge on any atom is 0.254 e. The standard InChI is InChI=1S/C20H20N4O3/c1-23-10-8-21-19(23)18(26)13-5-4-9-24(12-13)20(27)15-11-17(25)22-16-7-3-2-6-14(15)16/h2-3,6-8,10-11,13H,4-5,9,12H2,1H3,(H,22,25)/t13-/m0/s1. The van der Waals surface area contributed by atoms with E-state index in [4.69, 9.17) is 0 Å². The monoisotopic (exact) mass is 364 g/mol. The number of hydrogen-bond acceptors (Lipinski definition) is 4. The molecule has 0 bridgehead atoms. The van der Waals surface area contributed by atoms with E-state index in [0.717, 1.165) is 12.8 Å². The van der Waals surface area contributed by atoms with Gasteiger partial charge in [-0.25, -0.2) is 4.98 Å². The van der Waals surface area contributed by atoms with Crippen molar-refractivity contribution in [3.8, 4) is 0 Å². The van der Waals surface area contributed by atoms with Crippen molar-refractivity contribution in [1.29, 1.82) is 0 Å². The number of Topliss-reactive ketones (excluding diaryl/α,β-unsaturated/α-hetero) is 1. The van der Waals surface area contributed by atoms with Gasteiger partial charge in [0.15, 0.2) is 5.82 Å². The molecule has 138 valence electrons. The lowest BCUT2D eigenvalue weighted by Gasteiger charge is -2.32. The third kappa shape index (κ3) is 3.16. The number of hydrogen-bond donors (Lipinski definition) is 1. The van der Waals surface area contributed by atoms with Crippen LogP contribution in [0.4, 0.5) is 0 Å². The van der Waals surface area contributed by atoms with Gasteiger partial charge in [-0.2, -0.15) is 0 Å².